The molecule has 0 saturated carbocycles. The van der Waals surface area contributed by atoms with Gasteiger partial charge in [-0.3, -0.25) is 4.79 Å². The van der Waals surface area contributed by atoms with Crippen molar-refractivity contribution in [1.29, 1.82) is 0 Å². The molecule has 1 heterocycles. The summed E-state index contributed by atoms with van der Waals surface area (Å²) >= 11 is 7.61. The molecule has 0 aliphatic rings. The van der Waals surface area contributed by atoms with Crippen molar-refractivity contribution in [2.45, 2.75) is 38.1 Å². The number of carbonyl (C=O) groups is 1. The summed E-state index contributed by atoms with van der Waals surface area (Å²) in [5.74, 6) is 0.0890. The molecule has 3 nitrogen and oxygen atoms in total. The molecule has 132 valence electrons. The second-order valence-electron chi connectivity index (χ2n) is 5.52. The fraction of sp³-hybridized carbons (Fsp3) is 0.389. The highest BCUT2D eigenvalue weighted by Crippen LogP contribution is 2.27. The second kappa shape index (κ2) is 11.5. The van der Waals surface area contributed by atoms with Gasteiger partial charge >= 0.3 is 0 Å². The topological polar surface area (TPSA) is 55.1 Å². The number of carbonyl (C=O) groups excluding carboxylic acids is 1. The van der Waals surface area contributed by atoms with Gasteiger partial charge in [-0.2, -0.15) is 0 Å². The number of amides is 1. The Morgan fingerprint density at radius 1 is 1.12 bits per heavy atom. The third kappa shape index (κ3) is 6.81. The predicted octanol–water partition coefficient (Wildman–Crippen LogP) is 4.94. The van der Waals surface area contributed by atoms with Gasteiger partial charge in [-0.1, -0.05) is 42.6 Å². The Labute approximate surface area is 159 Å². The maximum absolute atomic E-state index is 12.3. The molecular formula is C18H24Cl2N2OS. The molecule has 1 amide bonds. The average Bonchev–Trinajstić information content (AvgIpc) is 3.07. The highest BCUT2D eigenvalue weighted by atomic mass is 35.5. The minimum Gasteiger partial charge on any atom is -0.344 e. The number of hydrogen-bond donors (Lipinski definition) is 2. The molecule has 1 aromatic carbocycles. The monoisotopic (exact) mass is 386 g/mol. The van der Waals surface area contributed by atoms with Crippen molar-refractivity contribution in [3.05, 3.63) is 57.2 Å². The SMILES string of the molecule is Cl.NCCCCCCC(=O)NC(c1ccc(Cl)cc1)c1cccs1. The average molecular weight is 387 g/mol. The van der Waals surface area contributed by atoms with Gasteiger partial charge in [-0.25, -0.2) is 0 Å². The highest BCUT2D eigenvalue weighted by Gasteiger charge is 2.17. The number of benzene rings is 1. The van der Waals surface area contributed by atoms with Gasteiger partial charge < -0.3 is 11.1 Å². The lowest BCUT2D eigenvalue weighted by atomic mass is 10.0. The Bertz CT molecular complexity index is 588. The van der Waals surface area contributed by atoms with Crippen LogP contribution < -0.4 is 11.1 Å². The van der Waals surface area contributed by atoms with Gasteiger partial charge in [0.05, 0.1) is 6.04 Å². The van der Waals surface area contributed by atoms with Crippen molar-refractivity contribution in [3.8, 4) is 0 Å². The summed E-state index contributed by atoms with van der Waals surface area (Å²) in [7, 11) is 0. The molecule has 6 heteroatoms. The van der Waals surface area contributed by atoms with Crippen LogP contribution >= 0.6 is 35.3 Å². The normalized spacial score (nSPS) is 11.6. The number of hydrogen-bond acceptors (Lipinski definition) is 3. The maximum Gasteiger partial charge on any atom is 0.220 e. The smallest absolute Gasteiger partial charge is 0.220 e. The standard InChI is InChI=1S/C18H23ClN2OS.ClH/c19-15-10-8-14(9-11-15)18(16-6-5-13-23-16)21-17(22)7-3-1-2-4-12-20;/h5-6,8-11,13,18H,1-4,7,12,20H2,(H,21,22);1H. The summed E-state index contributed by atoms with van der Waals surface area (Å²) < 4.78 is 0. The molecule has 2 rings (SSSR count). The van der Waals surface area contributed by atoms with E-state index in [0.717, 1.165) is 42.7 Å². The van der Waals surface area contributed by atoms with E-state index in [1.54, 1.807) is 11.3 Å². The highest BCUT2D eigenvalue weighted by molar-refractivity contribution is 7.10. The van der Waals surface area contributed by atoms with Crippen molar-refractivity contribution in [3.63, 3.8) is 0 Å². The quantitative estimate of drug-likeness (QED) is 0.599. The van der Waals surface area contributed by atoms with E-state index in [-0.39, 0.29) is 24.4 Å². The van der Waals surface area contributed by atoms with Crippen LogP contribution in [0.25, 0.3) is 0 Å². The lowest BCUT2D eigenvalue weighted by Crippen LogP contribution is -2.28. The summed E-state index contributed by atoms with van der Waals surface area (Å²) in [5, 5.41) is 5.87. The predicted molar refractivity (Wildman–Crippen MR) is 105 cm³/mol. The Morgan fingerprint density at radius 3 is 2.46 bits per heavy atom. The number of nitrogens with two attached hydrogens (primary N) is 1. The van der Waals surface area contributed by atoms with Crippen LogP contribution in [0.15, 0.2) is 41.8 Å². The number of nitrogens with one attached hydrogen (secondary N) is 1. The van der Waals surface area contributed by atoms with E-state index < -0.39 is 0 Å². The minimum atomic E-state index is -0.108. The van der Waals surface area contributed by atoms with E-state index in [1.165, 1.54) is 0 Å². The summed E-state index contributed by atoms with van der Waals surface area (Å²) in [6.45, 7) is 0.725. The summed E-state index contributed by atoms with van der Waals surface area (Å²) in [6, 6.07) is 11.6. The van der Waals surface area contributed by atoms with Gasteiger partial charge in [-0.05, 0) is 48.5 Å². The number of thiophene rings is 1. The van der Waals surface area contributed by atoms with Gasteiger partial charge in [0.15, 0.2) is 0 Å². The van der Waals surface area contributed by atoms with E-state index in [0.29, 0.717) is 11.4 Å². The molecule has 3 N–H and O–H groups in total. The Kier molecular flexibility index (Phi) is 10.0. The van der Waals surface area contributed by atoms with Crippen LogP contribution in [0.2, 0.25) is 5.02 Å². The van der Waals surface area contributed by atoms with E-state index in [2.05, 4.69) is 5.32 Å². The molecule has 24 heavy (non-hydrogen) atoms. The lowest BCUT2D eigenvalue weighted by molar-refractivity contribution is -0.121. The third-order valence-corrected chi connectivity index (χ3v) is 4.88. The van der Waals surface area contributed by atoms with E-state index in [4.69, 9.17) is 17.3 Å². The first-order valence-corrected chi connectivity index (χ1v) is 9.25. The molecule has 0 spiro atoms. The molecule has 1 aromatic heterocycles. The second-order valence-corrected chi connectivity index (χ2v) is 6.94. The van der Waals surface area contributed by atoms with Gasteiger partial charge in [0, 0.05) is 16.3 Å². The fourth-order valence-corrected chi connectivity index (χ4v) is 3.37. The molecule has 1 atom stereocenters. The van der Waals surface area contributed by atoms with Gasteiger partial charge in [-0.15, -0.1) is 23.7 Å². The van der Waals surface area contributed by atoms with Crippen LogP contribution in [-0.2, 0) is 4.79 Å². The Balaban J connectivity index is 0.00000288. The first-order valence-electron chi connectivity index (χ1n) is 7.99. The van der Waals surface area contributed by atoms with Crippen LogP contribution in [0.5, 0.6) is 0 Å². The zero-order chi connectivity index (χ0) is 16.5. The van der Waals surface area contributed by atoms with Crippen molar-refractivity contribution in [1.82, 2.24) is 5.32 Å². The lowest BCUT2D eigenvalue weighted by Gasteiger charge is -2.18. The van der Waals surface area contributed by atoms with Gasteiger partial charge in [0.2, 0.25) is 5.91 Å². The van der Waals surface area contributed by atoms with Crippen LogP contribution in [0.3, 0.4) is 0 Å². The molecule has 1 unspecified atom stereocenters. The maximum atomic E-state index is 12.3. The van der Waals surface area contributed by atoms with Crippen molar-refractivity contribution < 1.29 is 4.79 Å². The molecule has 0 bridgehead atoms. The van der Waals surface area contributed by atoms with Crippen LogP contribution in [0.4, 0.5) is 0 Å². The van der Waals surface area contributed by atoms with Gasteiger partial charge in [0.25, 0.3) is 0 Å². The molecular weight excluding hydrogens is 363 g/mol. The largest absolute Gasteiger partial charge is 0.344 e. The Morgan fingerprint density at radius 2 is 1.83 bits per heavy atom. The molecule has 0 radical (unpaired) electrons. The first-order chi connectivity index (χ1) is 11.2. The summed E-state index contributed by atoms with van der Waals surface area (Å²) in [5.41, 5.74) is 6.53. The molecule has 0 aliphatic heterocycles. The summed E-state index contributed by atoms with van der Waals surface area (Å²) in [6.07, 6.45) is 4.64. The number of unbranched alkanes of at least 4 members (excludes halogenated alkanes) is 3. The van der Waals surface area contributed by atoms with Gasteiger partial charge in [0.1, 0.15) is 0 Å². The van der Waals surface area contributed by atoms with Crippen molar-refractivity contribution in [2.75, 3.05) is 6.54 Å². The van der Waals surface area contributed by atoms with E-state index in [1.807, 2.05) is 41.8 Å². The number of rotatable bonds is 9. The first kappa shape index (κ1) is 21.0. The summed E-state index contributed by atoms with van der Waals surface area (Å²) in [4.78, 5) is 13.4. The van der Waals surface area contributed by atoms with Crippen LogP contribution in [0.1, 0.15) is 48.6 Å². The van der Waals surface area contributed by atoms with E-state index in [9.17, 15) is 4.79 Å². The van der Waals surface area contributed by atoms with Crippen LogP contribution in [0, 0.1) is 0 Å². The molecule has 0 fully saturated rings. The fourth-order valence-electron chi connectivity index (χ4n) is 2.45. The zero-order valence-electron chi connectivity index (χ0n) is 13.5. The van der Waals surface area contributed by atoms with Crippen LogP contribution in [-0.4, -0.2) is 12.5 Å². The third-order valence-electron chi connectivity index (χ3n) is 3.69. The molecule has 0 saturated heterocycles. The van der Waals surface area contributed by atoms with Crippen molar-refractivity contribution >= 4 is 41.3 Å². The van der Waals surface area contributed by atoms with Crippen molar-refractivity contribution in [2.24, 2.45) is 5.73 Å². The zero-order valence-corrected chi connectivity index (χ0v) is 15.9. The van der Waals surface area contributed by atoms with E-state index >= 15 is 0 Å². The Hall–Kier alpha value is -1.07. The minimum absolute atomic E-state index is 0. The molecule has 2 aromatic rings. The number of halogens is 2. The molecule has 0 aliphatic carbocycles.